The van der Waals surface area contributed by atoms with E-state index >= 15 is 0 Å². The van der Waals surface area contributed by atoms with Crippen LogP contribution in [0.5, 0.6) is 0 Å². The number of aryl methyl sites for hydroxylation is 4. The summed E-state index contributed by atoms with van der Waals surface area (Å²) in [6.45, 7) is 16.6. The van der Waals surface area contributed by atoms with Gasteiger partial charge in [0, 0.05) is 89.1 Å². The average Bonchev–Trinajstić information content (AvgIpc) is 2.62. The molecule has 2 spiro atoms. The molecule has 16 nitrogen and oxygen atoms in total. The van der Waals surface area contributed by atoms with Crippen molar-refractivity contribution in [1.82, 2.24) is 19.2 Å². The summed E-state index contributed by atoms with van der Waals surface area (Å²) in [4.78, 5) is 64.3. The van der Waals surface area contributed by atoms with Gasteiger partial charge in [0.1, 0.15) is 22.7 Å². The Hall–Kier alpha value is -4.72. The molecule has 5 bridgehead atoms. The maximum absolute atomic E-state index is 13.3. The summed E-state index contributed by atoms with van der Waals surface area (Å²) in [7, 11) is -3.34. The van der Waals surface area contributed by atoms with E-state index in [-0.39, 0.29) is 35.1 Å². The van der Waals surface area contributed by atoms with E-state index in [0.29, 0.717) is 89.3 Å². The number of aliphatic imine (C=N–C) groups is 2. The second kappa shape index (κ2) is 37.0. The Morgan fingerprint density at radius 2 is 1.22 bits per heavy atom. The van der Waals surface area contributed by atoms with Crippen molar-refractivity contribution in [2.75, 3.05) is 73.3 Å². The predicted octanol–water partition coefficient (Wildman–Crippen LogP) is 13.0. The molecule has 0 aromatic heterocycles. The van der Waals surface area contributed by atoms with Crippen LogP contribution in [0, 0.1) is 27.7 Å². The number of carbonyl (C=O) groups excluding carboxylic acids is 4. The molecule has 88 heavy (non-hydrogen) atoms. The van der Waals surface area contributed by atoms with Crippen LogP contribution in [0.3, 0.4) is 0 Å². The van der Waals surface area contributed by atoms with Gasteiger partial charge in [-0.15, -0.1) is 36.4 Å². The van der Waals surface area contributed by atoms with Crippen molar-refractivity contribution in [2.24, 2.45) is 9.98 Å². The van der Waals surface area contributed by atoms with Gasteiger partial charge < -0.3 is 20.4 Å². The Kier molecular flexibility index (Phi) is 31.1. The number of nitrogens with one attached hydrogen (secondary N) is 2. The zero-order valence-electron chi connectivity index (χ0n) is 54.0. The molecule has 4 amide bonds. The first-order valence-electron chi connectivity index (χ1n) is 32.5. The SMILES string of the molecule is C=CCCCCCCCC(=O)N(C)c1cc(C)c(CCS(=O)(=O)N2CCC3(CC2)N=C(CCCCC=C)NC3=O)c(C)c1.Cc1cc2cc(C)c1CCS(=O)(=O)N1CCC3(CC1)N=C(CCCC/C=C/CCCCCCCC(=O)N2C)NC3=O.ClCCCl. The lowest BCUT2D eigenvalue weighted by Gasteiger charge is -2.34. The van der Waals surface area contributed by atoms with Crippen LogP contribution in [0.15, 0.2) is 71.7 Å². The van der Waals surface area contributed by atoms with Gasteiger partial charge in [-0.3, -0.25) is 29.2 Å². The molecule has 0 unspecified atom stereocenters. The molecule has 2 aromatic rings. The smallest absolute Gasteiger partial charge is 0.253 e. The summed E-state index contributed by atoms with van der Waals surface area (Å²) in [5.74, 6) is 2.65. The molecule has 490 valence electrons. The molecule has 9 rings (SSSR count). The van der Waals surface area contributed by atoms with Crippen molar-refractivity contribution in [1.29, 1.82) is 0 Å². The Morgan fingerprint density at radius 1 is 0.682 bits per heavy atom. The fraction of sp³-hybridized carbons (Fsp3) is 0.647. The number of hydrogen-bond donors (Lipinski definition) is 2. The molecular weight excluding hydrogens is 1190 g/mol. The molecule has 2 aromatic carbocycles. The van der Waals surface area contributed by atoms with Crippen LogP contribution in [-0.4, -0.2) is 135 Å². The van der Waals surface area contributed by atoms with Gasteiger partial charge in [-0.05, 0) is 201 Å². The minimum Gasteiger partial charge on any atom is -0.315 e. The molecule has 7 aliphatic rings. The fourth-order valence-corrected chi connectivity index (χ4v) is 15.3. The van der Waals surface area contributed by atoms with E-state index in [1.807, 2.05) is 78.2 Å². The zero-order chi connectivity index (χ0) is 64.3. The third-order valence-corrected chi connectivity index (χ3v) is 22.3. The first kappa shape index (κ1) is 74.0. The molecule has 7 aliphatic heterocycles. The normalized spacial score (nSPS) is 21.5. The van der Waals surface area contributed by atoms with Crippen LogP contribution < -0.4 is 20.4 Å². The van der Waals surface area contributed by atoms with E-state index in [9.17, 15) is 36.0 Å². The summed E-state index contributed by atoms with van der Waals surface area (Å²) in [5, 5.41) is 5.92. The Balaban J connectivity index is 0.000000302. The summed E-state index contributed by atoms with van der Waals surface area (Å²) >= 11 is 10.1. The van der Waals surface area contributed by atoms with Gasteiger partial charge in [0.05, 0.1) is 11.5 Å². The van der Waals surface area contributed by atoms with E-state index in [1.165, 1.54) is 27.9 Å². The van der Waals surface area contributed by atoms with Crippen molar-refractivity contribution in [2.45, 2.75) is 219 Å². The molecule has 0 radical (unpaired) electrons. The molecule has 20 heteroatoms. The minimum atomic E-state index is -3.50. The number of carbonyl (C=O) groups is 4. The van der Waals surface area contributed by atoms with Crippen LogP contribution >= 0.6 is 23.2 Å². The number of fused-ring (bicyclic) bond motifs is 2. The maximum atomic E-state index is 13.3. The lowest BCUT2D eigenvalue weighted by Crippen LogP contribution is -2.50. The maximum Gasteiger partial charge on any atom is 0.253 e. The zero-order valence-corrected chi connectivity index (χ0v) is 57.2. The van der Waals surface area contributed by atoms with Crippen LogP contribution in [0.1, 0.15) is 200 Å². The average molecular weight is 1300 g/mol. The number of nitrogens with zero attached hydrogens (tertiary/aromatic N) is 6. The van der Waals surface area contributed by atoms with Crippen LogP contribution in [-0.2, 0) is 52.1 Å². The van der Waals surface area contributed by atoms with Gasteiger partial charge in [-0.25, -0.2) is 25.4 Å². The highest BCUT2D eigenvalue weighted by molar-refractivity contribution is 7.89. The van der Waals surface area contributed by atoms with E-state index in [2.05, 4.69) is 35.9 Å². The van der Waals surface area contributed by atoms with Gasteiger partial charge in [-0.2, -0.15) is 0 Å². The number of amidine groups is 2. The number of allylic oxidation sites excluding steroid dienone is 4. The Labute approximate surface area is 539 Å². The van der Waals surface area contributed by atoms with Crippen LogP contribution in [0.25, 0.3) is 0 Å². The number of sulfonamides is 2. The van der Waals surface area contributed by atoms with E-state index < -0.39 is 31.1 Å². The minimum absolute atomic E-state index is 0.00656. The number of unbranched alkanes of at least 4 members (excludes halogenated alkanes) is 7. The quantitative estimate of drug-likeness (QED) is 0.0786. The van der Waals surface area contributed by atoms with Gasteiger partial charge in [0.2, 0.25) is 31.9 Å². The molecular formula is C68H104Cl2N8O8S2. The van der Waals surface area contributed by atoms with E-state index in [4.69, 9.17) is 33.2 Å². The third kappa shape index (κ3) is 22.3. The molecule has 2 N–H and O–H groups in total. The molecule has 2 fully saturated rings. The Morgan fingerprint density at radius 3 is 1.84 bits per heavy atom. The number of piperidine rings is 2. The number of hydrogen-bond acceptors (Lipinski definition) is 10. The fourth-order valence-electron chi connectivity index (χ4n) is 12.3. The van der Waals surface area contributed by atoms with Crippen molar-refractivity contribution in [3.63, 3.8) is 0 Å². The first-order valence-corrected chi connectivity index (χ1v) is 36.8. The Bertz CT molecular complexity index is 2940. The number of amides is 4. The number of benzene rings is 2. The van der Waals surface area contributed by atoms with Crippen LogP contribution in [0.2, 0.25) is 0 Å². The summed E-state index contributed by atoms with van der Waals surface area (Å²) in [6.07, 6.45) is 32.3. The highest BCUT2D eigenvalue weighted by Crippen LogP contribution is 2.35. The molecule has 0 saturated carbocycles. The second-order valence-electron chi connectivity index (χ2n) is 24.6. The van der Waals surface area contributed by atoms with Gasteiger partial charge >= 0.3 is 0 Å². The monoisotopic (exact) mass is 1290 g/mol. The lowest BCUT2D eigenvalue weighted by atomic mass is 9.89. The predicted molar refractivity (Wildman–Crippen MR) is 364 cm³/mol. The summed E-state index contributed by atoms with van der Waals surface area (Å²) < 4.78 is 56.3. The highest BCUT2D eigenvalue weighted by atomic mass is 35.5. The molecule has 2 saturated heterocycles. The first-order chi connectivity index (χ1) is 42.0. The second-order valence-corrected chi connectivity index (χ2v) is 29.5. The van der Waals surface area contributed by atoms with Crippen LogP contribution in [0.4, 0.5) is 11.4 Å². The number of rotatable bonds is 19. The molecule has 0 aliphatic carbocycles. The van der Waals surface area contributed by atoms with Gasteiger partial charge in [0.25, 0.3) is 11.8 Å². The van der Waals surface area contributed by atoms with E-state index in [0.717, 1.165) is 166 Å². The number of halogens is 2. The van der Waals surface area contributed by atoms with Crippen molar-refractivity contribution in [3.05, 3.63) is 95.1 Å². The van der Waals surface area contributed by atoms with Crippen molar-refractivity contribution >= 4 is 89.9 Å². The van der Waals surface area contributed by atoms with Gasteiger partial charge in [0.15, 0.2) is 0 Å². The van der Waals surface area contributed by atoms with E-state index in [1.54, 1.807) is 9.80 Å². The summed E-state index contributed by atoms with van der Waals surface area (Å²) in [6, 6.07) is 7.96. The third-order valence-electron chi connectivity index (χ3n) is 18.0. The lowest BCUT2D eigenvalue weighted by molar-refractivity contribution is -0.125. The van der Waals surface area contributed by atoms with Crippen molar-refractivity contribution in [3.8, 4) is 0 Å². The standard InChI is InChI=1S/C34H52N4O4S.C32H48N4O4S.C2H4Cl2/c1-6-8-10-12-13-14-16-18-32(39)37(5)29-25-27(3)30(28(4)26-29)19-24-43(41,42)38-22-20-34(21-23-38)33(40)35-31(36-34)17-15-11-9-7-2;1-25-23-27-24-26(2)28(25)17-22-41(39,40)36-20-18-32(19-21-36)31(38)33-29(34-32)15-13-11-9-7-5-4-6-8-10-12-14-16-30(37)35(27)3;3-1-2-4/h6-7,25-26H,1-2,8-24H2,3-5H3,(H,35,36,40);5,7,23-24H,4,6,8-22H2,1-3H3,(H,33,34,38);1-2H2/b;7-5+;. The van der Waals surface area contributed by atoms with Crippen molar-refractivity contribution < 1.29 is 36.0 Å². The topological polar surface area (TPSA) is 198 Å². The summed E-state index contributed by atoms with van der Waals surface area (Å²) in [5.41, 5.74) is 6.03. The number of alkyl halides is 2. The highest BCUT2D eigenvalue weighted by Gasteiger charge is 2.48. The molecule has 7 heterocycles. The molecule has 0 atom stereocenters. The number of anilines is 2. The largest absolute Gasteiger partial charge is 0.315 e. The van der Waals surface area contributed by atoms with Gasteiger partial charge in [-0.1, -0.05) is 62.8 Å².